The summed E-state index contributed by atoms with van der Waals surface area (Å²) in [7, 11) is 1.86. The molecule has 1 unspecified atom stereocenters. The molecule has 0 aliphatic carbocycles. The first-order valence-electron chi connectivity index (χ1n) is 11.3. The fourth-order valence-electron chi connectivity index (χ4n) is 4.21. The van der Waals surface area contributed by atoms with Crippen molar-refractivity contribution in [3.63, 3.8) is 0 Å². The maximum atomic E-state index is 13.5. The topological polar surface area (TPSA) is 59.1 Å². The Balaban J connectivity index is 1.65. The zero-order chi connectivity index (χ0) is 22.5. The lowest BCUT2D eigenvalue weighted by molar-refractivity contribution is -0.139. The van der Waals surface area contributed by atoms with Crippen LogP contribution in [0, 0.1) is 0 Å². The quantitative estimate of drug-likeness (QED) is 0.561. The van der Waals surface area contributed by atoms with Crippen LogP contribution in [0.3, 0.4) is 0 Å². The van der Waals surface area contributed by atoms with Gasteiger partial charge in [0.15, 0.2) is 0 Å². The average Bonchev–Trinajstić information content (AvgIpc) is 3.41. The molecule has 0 saturated carbocycles. The smallest absolute Gasteiger partial charge is 0.277 e. The molecular weight excluding hydrogens is 404 g/mol. The highest BCUT2D eigenvalue weighted by Crippen LogP contribution is 2.33. The van der Waals surface area contributed by atoms with E-state index in [4.69, 9.17) is 9.47 Å². The van der Waals surface area contributed by atoms with Crippen molar-refractivity contribution < 1.29 is 19.1 Å². The first kappa shape index (κ1) is 22.1. The number of ether oxygens (including phenoxy) is 2. The third-order valence-electron chi connectivity index (χ3n) is 5.81. The fraction of sp³-hybridized carbons (Fsp3) is 0.385. The van der Waals surface area contributed by atoms with Gasteiger partial charge in [-0.1, -0.05) is 49.4 Å². The molecule has 1 saturated heterocycles. The van der Waals surface area contributed by atoms with Crippen molar-refractivity contribution in [2.75, 3.05) is 26.8 Å². The van der Waals surface area contributed by atoms with Crippen LogP contribution in [0.25, 0.3) is 5.57 Å². The Morgan fingerprint density at radius 2 is 1.81 bits per heavy atom. The summed E-state index contributed by atoms with van der Waals surface area (Å²) in [5, 5.41) is 0. The van der Waals surface area contributed by atoms with Crippen molar-refractivity contribution in [1.82, 2.24) is 9.80 Å². The predicted molar refractivity (Wildman–Crippen MR) is 123 cm³/mol. The monoisotopic (exact) mass is 434 g/mol. The Kier molecular flexibility index (Phi) is 6.90. The molecule has 6 heteroatoms. The summed E-state index contributed by atoms with van der Waals surface area (Å²) in [5.74, 6) is 0.233. The second-order valence-corrected chi connectivity index (χ2v) is 8.29. The van der Waals surface area contributed by atoms with Gasteiger partial charge in [-0.15, -0.1) is 0 Å². The van der Waals surface area contributed by atoms with Crippen LogP contribution in [0.5, 0.6) is 5.75 Å². The van der Waals surface area contributed by atoms with Gasteiger partial charge in [-0.2, -0.15) is 0 Å². The maximum Gasteiger partial charge on any atom is 0.277 e. The number of hydrogen-bond donors (Lipinski definition) is 0. The molecule has 0 spiro atoms. The zero-order valence-corrected chi connectivity index (χ0v) is 18.8. The molecule has 2 aliphatic heterocycles. The van der Waals surface area contributed by atoms with E-state index in [0.29, 0.717) is 37.6 Å². The minimum absolute atomic E-state index is 0.0900. The van der Waals surface area contributed by atoms with Crippen LogP contribution in [0.15, 0.2) is 60.3 Å². The van der Waals surface area contributed by atoms with Gasteiger partial charge >= 0.3 is 0 Å². The molecule has 0 aromatic heterocycles. The van der Waals surface area contributed by atoms with Gasteiger partial charge in [0.1, 0.15) is 11.4 Å². The highest BCUT2D eigenvalue weighted by Gasteiger charge is 2.42. The van der Waals surface area contributed by atoms with Crippen molar-refractivity contribution in [2.24, 2.45) is 0 Å². The van der Waals surface area contributed by atoms with Crippen LogP contribution in [-0.4, -0.2) is 54.5 Å². The molecule has 4 rings (SSSR count). The van der Waals surface area contributed by atoms with Gasteiger partial charge in [0, 0.05) is 20.2 Å². The van der Waals surface area contributed by atoms with E-state index in [1.807, 2.05) is 66.5 Å². The second kappa shape index (κ2) is 10.0. The van der Waals surface area contributed by atoms with Crippen LogP contribution in [0.1, 0.15) is 37.3 Å². The van der Waals surface area contributed by atoms with Gasteiger partial charge in [0.05, 0.1) is 24.8 Å². The van der Waals surface area contributed by atoms with Crippen LogP contribution < -0.4 is 4.74 Å². The Hall–Kier alpha value is -3.12. The van der Waals surface area contributed by atoms with Crippen molar-refractivity contribution in [3.05, 3.63) is 71.4 Å². The molecule has 6 nitrogen and oxygen atoms in total. The third-order valence-corrected chi connectivity index (χ3v) is 5.81. The minimum atomic E-state index is -0.261. The van der Waals surface area contributed by atoms with Gasteiger partial charge in [-0.3, -0.25) is 14.5 Å². The van der Waals surface area contributed by atoms with Gasteiger partial charge in [0.25, 0.3) is 11.8 Å². The van der Waals surface area contributed by atoms with Crippen molar-refractivity contribution in [2.45, 2.75) is 38.8 Å². The summed E-state index contributed by atoms with van der Waals surface area (Å²) in [5.41, 5.74) is 2.66. The van der Waals surface area contributed by atoms with E-state index in [1.54, 1.807) is 0 Å². The first-order valence-corrected chi connectivity index (χ1v) is 11.3. The van der Waals surface area contributed by atoms with E-state index in [9.17, 15) is 9.59 Å². The normalized spacial score (nSPS) is 18.6. The Morgan fingerprint density at radius 1 is 1.06 bits per heavy atom. The van der Waals surface area contributed by atoms with Gasteiger partial charge < -0.3 is 14.4 Å². The number of rotatable bonds is 9. The summed E-state index contributed by atoms with van der Waals surface area (Å²) >= 11 is 0. The van der Waals surface area contributed by atoms with Crippen LogP contribution in [0.2, 0.25) is 0 Å². The Bertz CT molecular complexity index is 979. The molecule has 0 N–H and O–H groups in total. The molecule has 2 aromatic rings. The van der Waals surface area contributed by atoms with Crippen molar-refractivity contribution in [1.29, 1.82) is 0 Å². The van der Waals surface area contributed by atoms with Crippen LogP contribution in [0.4, 0.5) is 0 Å². The molecule has 168 valence electrons. The summed E-state index contributed by atoms with van der Waals surface area (Å²) < 4.78 is 11.4. The molecule has 2 amide bonds. The number of imide groups is 1. The molecule has 32 heavy (non-hydrogen) atoms. The summed E-state index contributed by atoms with van der Waals surface area (Å²) in [6.45, 7) is 4.20. The summed E-state index contributed by atoms with van der Waals surface area (Å²) in [6.07, 6.45) is 2.66. The first-order chi connectivity index (χ1) is 15.6. The third kappa shape index (κ3) is 4.70. The molecule has 0 bridgehead atoms. The average molecular weight is 435 g/mol. The highest BCUT2D eigenvalue weighted by molar-refractivity contribution is 6.35. The number of amides is 2. The van der Waals surface area contributed by atoms with Crippen molar-refractivity contribution in [3.8, 4) is 5.75 Å². The lowest BCUT2D eigenvalue weighted by Gasteiger charge is -2.22. The number of nitrogens with zero attached hydrogens (tertiary/aromatic N) is 2. The molecular formula is C26H30N2O4. The lowest BCUT2D eigenvalue weighted by atomic mass is 10.0. The van der Waals surface area contributed by atoms with E-state index >= 15 is 0 Å². The standard InChI is InChI=1S/C26H30N2O4/c1-3-15-31-21-13-11-20(12-14-21)23-24(27(2)17-19-8-5-4-6-9-19)26(30)28(25(23)29)18-22-10-7-16-32-22/h4-6,8-9,11-14,22H,3,7,10,15-18H2,1-2H3. The largest absolute Gasteiger partial charge is 0.494 e. The molecule has 1 atom stereocenters. The molecule has 2 aliphatic rings. The van der Waals surface area contributed by atoms with E-state index in [1.165, 1.54) is 4.90 Å². The van der Waals surface area contributed by atoms with E-state index in [2.05, 4.69) is 6.92 Å². The maximum absolute atomic E-state index is 13.5. The number of hydrogen-bond acceptors (Lipinski definition) is 5. The molecule has 1 fully saturated rings. The number of carbonyl (C=O) groups is 2. The Labute approximate surface area is 189 Å². The molecule has 2 heterocycles. The number of benzene rings is 2. The van der Waals surface area contributed by atoms with Gasteiger partial charge in [0.2, 0.25) is 0 Å². The van der Waals surface area contributed by atoms with E-state index in [0.717, 1.165) is 36.1 Å². The summed E-state index contributed by atoms with van der Waals surface area (Å²) in [4.78, 5) is 30.1. The molecule has 0 radical (unpaired) electrons. The fourth-order valence-corrected chi connectivity index (χ4v) is 4.21. The number of likely N-dealkylation sites (N-methyl/N-ethyl adjacent to an activating group) is 1. The molecule has 2 aromatic carbocycles. The van der Waals surface area contributed by atoms with Crippen molar-refractivity contribution >= 4 is 17.4 Å². The minimum Gasteiger partial charge on any atom is -0.494 e. The summed E-state index contributed by atoms with van der Waals surface area (Å²) in [6, 6.07) is 17.4. The highest BCUT2D eigenvalue weighted by atomic mass is 16.5. The Morgan fingerprint density at radius 3 is 2.47 bits per heavy atom. The SMILES string of the molecule is CCCOc1ccc(C2=C(N(C)Cc3ccccc3)C(=O)N(CC3CCCO3)C2=O)cc1. The van der Waals surface area contributed by atoms with Crippen LogP contribution >= 0.6 is 0 Å². The van der Waals surface area contributed by atoms with E-state index in [-0.39, 0.29) is 17.9 Å². The second-order valence-electron chi connectivity index (χ2n) is 8.29. The zero-order valence-electron chi connectivity index (χ0n) is 18.8. The van der Waals surface area contributed by atoms with Gasteiger partial charge in [-0.25, -0.2) is 0 Å². The van der Waals surface area contributed by atoms with E-state index < -0.39 is 0 Å². The van der Waals surface area contributed by atoms with Crippen LogP contribution in [-0.2, 0) is 20.9 Å². The van der Waals surface area contributed by atoms with Gasteiger partial charge in [-0.05, 0) is 42.5 Å². The predicted octanol–water partition coefficient (Wildman–Crippen LogP) is 3.87. The lowest BCUT2D eigenvalue weighted by Crippen LogP contribution is -2.39. The number of carbonyl (C=O) groups excluding carboxylic acids is 2.